The molecular formula is C11H17ClN4. The van der Waals surface area contributed by atoms with Gasteiger partial charge in [-0.25, -0.2) is 4.98 Å². The van der Waals surface area contributed by atoms with E-state index in [1.165, 1.54) is 0 Å². The molecule has 0 saturated carbocycles. The van der Waals surface area contributed by atoms with E-state index in [0.717, 1.165) is 18.9 Å². The number of hydrogen-bond acceptors (Lipinski definition) is 4. The molecule has 1 aliphatic rings. The Balaban J connectivity index is 2.26. The van der Waals surface area contributed by atoms with Gasteiger partial charge < -0.3 is 10.2 Å². The van der Waals surface area contributed by atoms with E-state index >= 15 is 0 Å². The molecule has 2 unspecified atom stereocenters. The van der Waals surface area contributed by atoms with Gasteiger partial charge in [-0.05, 0) is 11.8 Å². The van der Waals surface area contributed by atoms with E-state index in [9.17, 15) is 0 Å². The van der Waals surface area contributed by atoms with Gasteiger partial charge in [0.2, 0.25) is 5.95 Å². The van der Waals surface area contributed by atoms with Crippen LogP contribution in [0, 0.1) is 11.8 Å². The normalized spacial score (nSPS) is 24.9. The van der Waals surface area contributed by atoms with Crippen LogP contribution in [0.1, 0.15) is 13.8 Å². The summed E-state index contributed by atoms with van der Waals surface area (Å²) < 4.78 is 0. The molecule has 1 aromatic heterocycles. The fourth-order valence-corrected chi connectivity index (χ4v) is 2.21. The Bertz CT molecular complexity index is 372. The SMILES string of the molecule is CNc1ncc(Cl)c(N2CC(C)C(C)C2)n1. The predicted molar refractivity (Wildman–Crippen MR) is 67.1 cm³/mol. The minimum Gasteiger partial charge on any atom is -0.357 e. The van der Waals surface area contributed by atoms with Crippen molar-refractivity contribution in [2.75, 3.05) is 30.4 Å². The van der Waals surface area contributed by atoms with Crippen molar-refractivity contribution < 1.29 is 0 Å². The van der Waals surface area contributed by atoms with E-state index in [-0.39, 0.29) is 0 Å². The Kier molecular flexibility index (Phi) is 3.19. The Morgan fingerprint density at radius 2 is 2.00 bits per heavy atom. The van der Waals surface area contributed by atoms with Gasteiger partial charge in [-0.3, -0.25) is 0 Å². The van der Waals surface area contributed by atoms with E-state index in [1.807, 2.05) is 7.05 Å². The molecule has 0 bridgehead atoms. The molecule has 1 N–H and O–H groups in total. The average Bonchev–Trinajstić information content (AvgIpc) is 2.60. The third kappa shape index (κ3) is 2.07. The molecule has 1 aliphatic heterocycles. The maximum atomic E-state index is 6.13. The first-order valence-corrected chi connectivity index (χ1v) is 5.95. The molecule has 0 spiro atoms. The standard InChI is InChI=1S/C11H17ClN4/c1-7-5-16(6-8(7)2)10-9(12)4-14-11(13-3)15-10/h4,7-8H,5-6H2,1-3H3,(H,13,14,15). The monoisotopic (exact) mass is 240 g/mol. The summed E-state index contributed by atoms with van der Waals surface area (Å²) in [6.07, 6.45) is 1.66. The fraction of sp³-hybridized carbons (Fsp3) is 0.636. The Morgan fingerprint density at radius 3 is 2.56 bits per heavy atom. The summed E-state index contributed by atoms with van der Waals surface area (Å²) in [5, 5.41) is 3.56. The highest BCUT2D eigenvalue weighted by Gasteiger charge is 2.28. The first-order valence-electron chi connectivity index (χ1n) is 5.57. The van der Waals surface area contributed by atoms with Crippen molar-refractivity contribution in [1.82, 2.24) is 9.97 Å². The van der Waals surface area contributed by atoms with Crippen molar-refractivity contribution in [3.63, 3.8) is 0 Å². The maximum Gasteiger partial charge on any atom is 0.224 e. The van der Waals surface area contributed by atoms with Crippen molar-refractivity contribution in [3.05, 3.63) is 11.2 Å². The van der Waals surface area contributed by atoms with Crippen LogP contribution in [0.3, 0.4) is 0 Å². The zero-order chi connectivity index (χ0) is 11.7. The third-order valence-corrected chi connectivity index (χ3v) is 3.50. The first-order chi connectivity index (χ1) is 7.61. The number of nitrogens with zero attached hydrogens (tertiary/aromatic N) is 3. The van der Waals surface area contributed by atoms with E-state index in [1.54, 1.807) is 6.20 Å². The molecule has 0 aliphatic carbocycles. The Labute approximate surface area is 101 Å². The number of halogens is 1. The minimum absolute atomic E-state index is 0.617. The number of hydrogen-bond donors (Lipinski definition) is 1. The van der Waals surface area contributed by atoms with Crippen molar-refractivity contribution in [2.45, 2.75) is 13.8 Å². The summed E-state index contributed by atoms with van der Waals surface area (Å²) in [5.41, 5.74) is 0. The lowest BCUT2D eigenvalue weighted by atomic mass is 10.0. The molecular weight excluding hydrogens is 224 g/mol. The van der Waals surface area contributed by atoms with Gasteiger partial charge in [-0.1, -0.05) is 25.4 Å². The number of nitrogens with one attached hydrogen (secondary N) is 1. The summed E-state index contributed by atoms with van der Waals surface area (Å²) in [5.74, 6) is 2.83. The van der Waals surface area contributed by atoms with Gasteiger partial charge in [0, 0.05) is 20.1 Å². The van der Waals surface area contributed by atoms with E-state index < -0.39 is 0 Å². The lowest BCUT2D eigenvalue weighted by Gasteiger charge is -2.18. The van der Waals surface area contributed by atoms with Crippen LogP contribution in [-0.2, 0) is 0 Å². The van der Waals surface area contributed by atoms with Gasteiger partial charge in [0.15, 0.2) is 5.82 Å². The van der Waals surface area contributed by atoms with Gasteiger partial charge in [-0.2, -0.15) is 4.98 Å². The number of rotatable bonds is 2. The molecule has 2 rings (SSSR count). The summed E-state index contributed by atoms with van der Waals surface area (Å²) >= 11 is 6.13. The van der Waals surface area contributed by atoms with Gasteiger partial charge in [-0.15, -0.1) is 0 Å². The van der Waals surface area contributed by atoms with Crippen molar-refractivity contribution >= 4 is 23.4 Å². The van der Waals surface area contributed by atoms with Crippen LogP contribution in [0.25, 0.3) is 0 Å². The molecule has 1 saturated heterocycles. The van der Waals surface area contributed by atoms with Crippen molar-refractivity contribution in [3.8, 4) is 0 Å². The second-order valence-corrected chi connectivity index (χ2v) is 4.88. The number of aromatic nitrogens is 2. The number of anilines is 2. The van der Waals surface area contributed by atoms with E-state index in [4.69, 9.17) is 11.6 Å². The molecule has 16 heavy (non-hydrogen) atoms. The van der Waals surface area contributed by atoms with Crippen LogP contribution in [0.15, 0.2) is 6.20 Å². The first kappa shape index (κ1) is 11.5. The lowest BCUT2D eigenvalue weighted by molar-refractivity contribution is 0.494. The van der Waals surface area contributed by atoms with Gasteiger partial charge in [0.1, 0.15) is 5.02 Å². The molecule has 1 fully saturated rings. The van der Waals surface area contributed by atoms with E-state index in [2.05, 4.69) is 34.0 Å². The molecule has 0 aromatic carbocycles. The summed E-state index contributed by atoms with van der Waals surface area (Å²) in [6.45, 7) is 6.56. The molecule has 0 radical (unpaired) electrons. The highest BCUT2D eigenvalue weighted by molar-refractivity contribution is 6.32. The molecule has 2 heterocycles. The van der Waals surface area contributed by atoms with Crippen LogP contribution in [0.4, 0.5) is 11.8 Å². The summed E-state index contributed by atoms with van der Waals surface area (Å²) in [6, 6.07) is 0. The average molecular weight is 241 g/mol. The van der Waals surface area contributed by atoms with Crippen LogP contribution in [0.2, 0.25) is 5.02 Å². The molecule has 1 aromatic rings. The molecule has 0 amide bonds. The molecule has 4 nitrogen and oxygen atoms in total. The largest absolute Gasteiger partial charge is 0.357 e. The van der Waals surface area contributed by atoms with Crippen LogP contribution < -0.4 is 10.2 Å². The molecule has 88 valence electrons. The smallest absolute Gasteiger partial charge is 0.224 e. The maximum absolute atomic E-state index is 6.13. The fourth-order valence-electron chi connectivity index (χ4n) is 2.00. The van der Waals surface area contributed by atoms with Crippen molar-refractivity contribution in [1.29, 1.82) is 0 Å². The van der Waals surface area contributed by atoms with Gasteiger partial charge in [0.25, 0.3) is 0 Å². The summed E-state index contributed by atoms with van der Waals surface area (Å²) in [4.78, 5) is 10.7. The topological polar surface area (TPSA) is 41.1 Å². The quantitative estimate of drug-likeness (QED) is 0.861. The van der Waals surface area contributed by atoms with Crippen molar-refractivity contribution in [2.24, 2.45) is 11.8 Å². The second kappa shape index (κ2) is 4.45. The lowest BCUT2D eigenvalue weighted by Crippen LogP contribution is -2.21. The van der Waals surface area contributed by atoms with Crippen LogP contribution >= 0.6 is 11.6 Å². The zero-order valence-electron chi connectivity index (χ0n) is 9.87. The third-order valence-electron chi connectivity index (χ3n) is 3.24. The van der Waals surface area contributed by atoms with E-state index in [0.29, 0.717) is 22.8 Å². The summed E-state index contributed by atoms with van der Waals surface area (Å²) in [7, 11) is 1.81. The van der Waals surface area contributed by atoms with Gasteiger partial charge >= 0.3 is 0 Å². The highest BCUT2D eigenvalue weighted by atomic mass is 35.5. The van der Waals surface area contributed by atoms with Crippen LogP contribution in [0.5, 0.6) is 0 Å². The Morgan fingerprint density at radius 1 is 1.38 bits per heavy atom. The van der Waals surface area contributed by atoms with Gasteiger partial charge in [0.05, 0.1) is 6.20 Å². The second-order valence-electron chi connectivity index (χ2n) is 4.47. The zero-order valence-corrected chi connectivity index (χ0v) is 10.6. The van der Waals surface area contributed by atoms with Crippen LogP contribution in [-0.4, -0.2) is 30.1 Å². The minimum atomic E-state index is 0.617. The Hall–Kier alpha value is -1.03. The molecule has 2 atom stereocenters. The highest BCUT2D eigenvalue weighted by Crippen LogP contribution is 2.31. The molecule has 5 heteroatoms. The predicted octanol–water partition coefficient (Wildman–Crippen LogP) is 2.26.